The molecule has 0 nitrogen and oxygen atoms in total. The molecule has 2 aliphatic carbocycles. The summed E-state index contributed by atoms with van der Waals surface area (Å²) in [6, 6.07) is 22.4. The molecule has 4 heteroatoms. The maximum absolute atomic E-state index is 2.45. The van der Waals surface area contributed by atoms with Crippen molar-refractivity contribution in [1.29, 1.82) is 0 Å². The first-order valence-electron chi connectivity index (χ1n) is 10.3. The van der Waals surface area contributed by atoms with Crippen LogP contribution in [0.1, 0.15) is 51.7 Å². The summed E-state index contributed by atoms with van der Waals surface area (Å²) in [6.45, 7) is 9.69. The van der Waals surface area contributed by atoms with Gasteiger partial charge in [0.2, 0.25) is 0 Å². The second-order valence-corrected chi connectivity index (χ2v) is 9.27. The zero-order chi connectivity index (χ0) is 19.1. The Bertz CT molecular complexity index is 814. The van der Waals surface area contributed by atoms with E-state index in [-0.39, 0.29) is 69.8 Å². The molecule has 0 N–H and O–H groups in total. The van der Waals surface area contributed by atoms with Gasteiger partial charge in [-0.05, 0) is 34.3 Å². The first kappa shape index (κ1) is 30.4. The zero-order valence-corrected chi connectivity index (χ0v) is 22.5. The van der Waals surface area contributed by atoms with E-state index in [2.05, 4.69) is 107 Å². The summed E-state index contributed by atoms with van der Waals surface area (Å²) in [5, 5.41) is 0. The maximum atomic E-state index is 2.45. The molecule has 0 aliphatic heterocycles. The summed E-state index contributed by atoms with van der Waals surface area (Å²) in [5.74, 6) is 2.90. The fraction of sp³-hybridized carbons (Fsp3) is 0.370. The van der Waals surface area contributed by atoms with E-state index in [0.717, 1.165) is 0 Å². The van der Waals surface area contributed by atoms with Crippen LogP contribution in [0, 0.1) is 23.2 Å². The van der Waals surface area contributed by atoms with Crippen LogP contribution in [0.2, 0.25) is 0 Å². The standard InChI is InChI=1S/C27H31.3ClH.Ti/c1-20-19-21-13-11-12-18-24(21)25(20)27(26(2,3)4,22-14-7-5-8-15-22)23-16-9-6-10-17-23;;;;/h5-12,14-18,20-21H,13,19H2,1-4H3;3*1H;/q-1;;;;+4/p-3. The van der Waals surface area contributed by atoms with Gasteiger partial charge in [0.15, 0.2) is 0 Å². The van der Waals surface area contributed by atoms with E-state index in [0.29, 0.717) is 11.8 Å². The average molecular weight is 510 g/mol. The van der Waals surface area contributed by atoms with Gasteiger partial charge in [-0.3, -0.25) is 0 Å². The van der Waals surface area contributed by atoms with Crippen LogP contribution in [0.3, 0.4) is 0 Å². The molecule has 2 aromatic rings. The van der Waals surface area contributed by atoms with Crippen molar-refractivity contribution in [3.63, 3.8) is 0 Å². The van der Waals surface area contributed by atoms with Gasteiger partial charge in [-0.1, -0.05) is 101 Å². The minimum atomic E-state index is -0.124. The Kier molecular flexibility index (Phi) is 11.8. The minimum Gasteiger partial charge on any atom is -1.00 e. The molecule has 1 fully saturated rings. The first-order valence-corrected chi connectivity index (χ1v) is 10.3. The fourth-order valence-corrected chi connectivity index (χ4v) is 5.75. The minimum absolute atomic E-state index is 0. The van der Waals surface area contributed by atoms with Crippen LogP contribution in [0.5, 0.6) is 0 Å². The topological polar surface area (TPSA) is 0 Å². The summed E-state index contributed by atoms with van der Waals surface area (Å²) >= 11 is 0. The monoisotopic (exact) mass is 508 g/mol. The third-order valence-corrected chi connectivity index (χ3v) is 6.66. The zero-order valence-electron chi connectivity index (χ0n) is 18.7. The number of hydrogen-bond acceptors (Lipinski definition) is 0. The second-order valence-electron chi connectivity index (χ2n) is 9.27. The average Bonchev–Trinajstić information content (AvgIpc) is 3.00. The first-order chi connectivity index (χ1) is 13.0. The second kappa shape index (κ2) is 12.0. The van der Waals surface area contributed by atoms with Crippen molar-refractivity contribution in [1.82, 2.24) is 0 Å². The van der Waals surface area contributed by atoms with Gasteiger partial charge in [-0.15, -0.1) is 12.2 Å². The van der Waals surface area contributed by atoms with E-state index in [1.54, 1.807) is 11.5 Å². The van der Waals surface area contributed by atoms with Gasteiger partial charge in [0.1, 0.15) is 0 Å². The van der Waals surface area contributed by atoms with Crippen molar-refractivity contribution in [2.24, 2.45) is 17.3 Å². The number of benzene rings is 2. The fourth-order valence-electron chi connectivity index (χ4n) is 5.75. The molecule has 0 spiro atoms. The number of allylic oxidation sites excluding steroid dienone is 4. The molecular formula is C27H31Cl3Ti. The van der Waals surface area contributed by atoms with Gasteiger partial charge in [0.25, 0.3) is 0 Å². The van der Waals surface area contributed by atoms with E-state index in [9.17, 15) is 0 Å². The van der Waals surface area contributed by atoms with Crippen LogP contribution >= 0.6 is 0 Å². The van der Waals surface area contributed by atoms with Gasteiger partial charge < -0.3 is 37.2 Å². The third-order valence-electron chi connectivity index (χ3n) is 6.66. The molecule has 0 amide bonds. The smallest absolute Gasteiger partial charge is 1.00 e. The number of rotatable bonds is 3. The largest absolute Gasteiger partial charge is 4.00 e. The van der Waals surface area contributed by atoms with E-state index in [1.165, 1.54) is 24.0 Å². The van der Waals surface area contributed by atoms with Gasteiger partial charge in [0.05, 0.1) is 0 Å². The molecule has 4 rings (SSSR count). The normalized spacial score (nSPS) is 19.6. The Morgan fingerprint density at radius 2 is 1.29 bits per heavy atom. The molecule has 2 atom stereocenters. The SMILES string of the molecule is CC1CC2CC=CC=C2[C-]1C(c1ccccc1)(c1ccccc1)C(C)(C)C.[Cl-].[Cl-].[Cl-].[Ti+4]. The van der Waals surface area contributed by atoms with Crippen LogP contribution in [-0.4, -0.2) is 0 Å². The number of fused-ring (bicyclic) bond motifs is 1. The van der Waals surface area contributed by atoms with Crippen LogP contribution in [0.4, 0.5) is 0 Å². The van der Waals surface area contributed by atoms with Gasteiger partial charge in [0, 0.05) is 0 Å². The molecular weight excluding hydrogens is 479 g/mol. The third kappa shape index (κ3) is 5.15. The van der Waals surface area contributed by atoms with Crippen LogP contribution in [0.25, 0.3) is 0 Å². The molecule has 2 aromatic carbocycles. The maximum Gasteiger partial charge on any atom is 4.00 e. The van der Waals surface area contributed by atoms with E-state index < -0.39 is 0 Å². The van der Waals surface area contributed by atoms with E-state index in [1.807, 2.05) is 0 Å². The van der Waals surface area contributed by atoms with Gasteiger partial charge in [-0.25, -0.2) is 11.6 Å². The van der Waals surface area contributed by atoms with Crippen molar-refractivity contribution in [2.75, 3.05) is 0 Å². The van der Waals surface area contributed by atoms with E-state index >= 15 is 0 Å². The van der Waals surface area contributed by atoms with Crippen LogP contribution in [0.15, 0.2) is 84.5 Å². The predicted molar refractivity (Wildman–Crippen MR) is 115 cm³/mol. The Labute approximate surface area is 222 Å². The van der Waals surface area contributed by atoms with E-state index in [4.69, 9.17) is 0 Å². The van der Waals surface area contributed by atoms with Crippen LogP contribution < -0.4 is 37.2 Å². The summed E-state index contributed by atoms with van der Waals surface area (Å²) in [6.07, 6.45) is 9.47. The molecule has 164 valence electrons. The molecule has 31 heavy (non-hydrogen) atoms. The Morgan fingerprint density at radius 1 is 0.806 bits per heavy atom. The molecule has 0 saturated heterocycles. The molecule has 0 heterocycles. The molecule has 2 aliphatic rings. The predicted octanol–water partition coefficient (Wildman–Crippen LogP) is -1.85. The summed E-state index contributed by atoms with van der Waals surface area (Å²) in [7, 11) is 0. The summed E-state index contributed by atoms with van der Waals surface area (Å²) < 4.78 is 0. The Morgan fingerprint density at radius 3 is 1.74 bits per heavy atom. The van der Waals surface area contributed by atoms with Crippen LogP contribution in [-0.2, 0) is 27.1 Å². The van der Waals surface area contributed by atoms with Crippen molar-refractivity contribution in [3.05, 3.63) is 102 Å². The quantitative estimate of drug-likeness (QED) is 0.337. The van der Waals surface area contributed by atoms with Crippen molar-refractivity contribution >= 4 is 0 Å². The number of halogens is 3. The molecule has 0 bridgehead atoms. The Balaban J connectivity index is 0.00000225. The van der Waals surface area contributed by atoms with Crippen molar-refractivity contribution < 1.29 is 58.9 Å². The van der Waals surface area contributed by atoms with Crippen molar-refractivity contribution in [3.8, 4) is 0 Å². The number of hydrogen-bond donors (Lipinski definition) is 0. The molecule has 0 radical (unpaired) electrons. The van der Waals surface area contributed by atoms with Crippen molar-refractivity contribution in [2.45, 2.75) is 46.0 Å². The summed E-state index contributed by atoms with van der Waals surface area (Å²) in [5.41, 5.74) is 4.35. The molecule has 1 saturated carbocycles. The molecule has 0 aromatic heterocycles. The summed E-state index contributed by atoms with van der Waals surface area (Å²) in [4.78, 5) is 0. The van der Waals surface area contributed by atoms with Gasteiger partial charge in [-0.2, -0.15) is 5.92 Å². The molecule has 2 unspecified atom stereocenters. The Hall–Kier alpha value is -0.626. The van der Waals surface area contributed by atoms with Gasteiger partial charge >= 0.3 is 21.7 Å².